The third-order valence-corrected chi connectivity index (χ3v) is 36.4. The summed E-state index contributed by atoms with van der Waals surface area (Å²) in [5.74, 6) is 3.71. The molecule has 22 rings (SSSR count). The summed E-state index contributed by atoms with van der Waals surface area (Å²) < 4.78 is 52.4. The van der Waals surface area contributed by atoms with Crippen molar-refractivity contribution in [3.8, 4) is 46.1 Å². The Morgan fingerprint density at radius 3 is 1.07 bits per heavy atom. The summed E-state index contributed by atoms with van der Waals surface area (Å²) in [4.78, 5) is 62.1. The summed E-state index contributed by atoms with van der Waals surface area (Å²) in [7, 11) is 13.5. The number of carbonyl (C=O) groups excluding carboxylic acids is 3. The lowest BCUT2D eigenvalue weighted by Crippen LogP contribution is -2.61. The number of hydrogen-bond acceptors (Lipinski definition) is 23. The Kier molecular flexibility index (Phi) is 29.8. The number of nitrogens with one attached hydrogen (secondary N) is 1. The van der Waals surface area contributed by atoms with Crippen LogP contribution in [-0.2, 0) is 132 Å². The number of H-pyrrole nitrogens is 1. The molecule has 10 atom stereocenters. The number of aliphatic hydroxyl groups excluding tert-OH is 1. The number of amides is 1. The van der Waals surface area contributed by atoms with Crippen molar-refractivity contribution in [2.75, 3.05) is 53.7 Å². The van der Waals surface area contributed by atoms with E-state index in [0.29, 0.717) is 105 Å². The number of aryl methyl sites for hydroxylation is 5. The van der Waals surface area contributed by atoms with Crippen LogP contribution >= 0.6 is 0 Å². The number of ketones is 2. The number of fused-ring (bicyclic) bond motifs is 15. The summed E-state index contributed by atoms with van der Waals surface area (Å²) in [5.41, 5.74) is 15.6. The van der Waals surface area contributed by atoms with Crippen LogP contribution in [0.4, 0.5) is 0 Å². The molecule has 2 N–H and O–H groups in total. The van der Waals surface area contributed by atoms with Gasteiger partial charge in [-0.25, -0.2) is 34.0 Å². The summed E-state index contributed by atoms with van der Waals surface area (Å²) in [6, 6.07) is 0.825. The Labute approximate surface area is 843 Å². The Morgan fingerprint density at radius 1 is 0.415 bits per heavy atom. The molecule has 12 heterocycles. The van der Waals surface area contributed by atoms with E-state index in [0.717, 1.165) is 178 Å². The molecule has 10 aliphatic carbocycles. The number of ether oxygens (including phenoxy) is 6. The number of carbonyl (C=O) groups is 3. The number of rotatable bonds is 9. The van der Waals surface area contributed by atoms with Crippen molar-refractivity contribution >= 4 is 23.8 Å². The molecule has 3 saturated heterocycles. The van der Waals surface area contributed by atoms with E-state index in [1.807, 2.05) is 102 Å². The van der Waals surface area contributed by atoms with Gasteiger partial charge in [0.25, 0.3) is 5.91 Å². The zero-order valence-corrected chi connectivity index (χ0v) is 86.7. The molecule has 34 heteroatoms. The van der Waals surface area contributed by atoms with Crippen LogP contribution < -0.4 is 0 Å². The molecule has 3 aliphatic heterocycles. The van der Waals surface area contributed by atoms with Crippen molar-refractivity contribution in [3.05, 3.63) is 99.1 Å². The second-order valence-corrected chi connectivity index (χ2v) is 46.9. The van der Waals surface area contributed by atoms with Gasteiger partial charge in [0.15, 0.2) is 46.4 Å². The van der Waals surface area contributed by atoms with Crippen molar-refractivity contribution < 1.29 is 47.9 Å². The Hall–Kier alpha value is -9.61. The van der Waals surface area contributed by atoms with E-state index in [4.69, 9.17) is 59.0 Å². The van der Waals surface area contributed by atoms with Gasteiger partial charge in [0.2, 0.25) is 0 Å². The topological polar surface area (TPSA) is 365 Å². The van der Waals surface area contributed by atoms with Gasteiger partial charge in [-0.2, -0.15) is 35.6 Å². The first-order valence-electron chi connectivity index (χ1n) is 50.4. The predicted octanol–water partition coefficient (Wildman–Crippen LogP) is 18.9. The van der Waals surface area contributed by atoms with Crippen LogP contribution in [0.1, 0.15) is 357 Å². The first-order chi connectivity index (χ1) is 64.5. The number of hydrogen-bond donors (Lipinski definition) is 2. The smallest absolute Gasteiger partial charge is 0.296 e. The maximum atomic E-state index is 12.9. The lowest BCUT2D eigenvalue weighted by atomic mass is 9.49. The van der Waals surface area contributed by atoms with E-state index in [9.17, 15) is 19.5 Å². The van der Waals surface area contributed by atoms with Gasteiger partial charge in [0.1, 0.15) is 59.6 Å². The molecule has 9 aromatic rings. The summed E-state index contributed by atoms with van der Waals surface area (Å²) in [6.07, 6.45) is 27.0. The van der Waals surface area contributed by atoms with Crippen molar-refractivity contribution in [1.29, 1.82) is 0 Å². The van der Waals surface area contributed by atoms with Gasteiger partial charge in [0.05, 0.1) is 80.7 Å². The fourth-order valence-electron chi connectivity index (χ4n) is 29.2. The third-order valence-electron chi connectivity index (χ3n) is 36.4. The number of nitrogens with zero attached hydrogens (tertiary/aromatic N) is 23. The summed E-state index contributed by atoms with van der Waals surface area (Å²) in [6.45, 7) is 50.5. The number of Topliss-reactive ketones (excluding diaryl/α,β-unsaturated/α-hetero) is 2. The van der Waals surface area contributed by atoms with Crippen LogP contribution in [0.15, 0.2) is 42.1 Å². The van der Waals surface area contributed by atoms with Crippen LogP contribution in [0.25, 0.3) is 46.1 Å². The molecular weight excluding hydrogens is 1790 g/mol. The van der Waals surface area contributed by atoms with Crippen LogP contribution in [0.5, 0.6) is 0 Å². The average Bonchev–Trinajstić information content (AvgIpc) is 1.46. The molecule has 5 saturated carbocycles. The Balaban J connectivity index is 0.000000148. The minimum Gasteiger partial charge on any atom is -0.515 e. The molecule has 34 nitrogen and oxygen atoms in total. The Morgan fingerprint density at radius 2 is 0.732 bits per heavy atom. The van der Waals surface area contributed by atoms with Gasteiger partial charge in [-0.3, -0.25) is 42.9 Å². The molecule has 0 aromatic carbocycles. The van der Waals surface area contributed by atoms with Gasteiger partial charge in [-0.1, -0.05) is 141 Å². The van der Waals surface area contributed by atoms with Crippen molar-refractivity contribution in [3.63, 3.8) is 0 Å². The van der Waals surface area contributed by atoms with Gasteiger partial charge in [0, 0.05) is 181 Å². The maximum Gasteiger partial charge on any atom is 0.296 e. The fraction of sp³-hybridized carbons (Fsp3) is 0.731. The number of aliphatic imine (C=N–C) groups is 1. The fourth-order valence-corrected chi connectivity index (χ4v) is 29.2. The molecular formula is C108H170N24O10. The highest BCUT2D eigenvalue weighted by Crippen LogP contribution is 2.68. The minimum absolute atomic E-state index is 0. The quantitative estimate of drug-likeness (QED) is 0.0586. The van der Waals surface area contributed by atoms with Crippen LogP contribution in [0.3, 0.4) is 0 Å². The Bertz CT molecular complexity index is 6150. The van der Waals surface area contributed by atoms with Crippen LogP contribution in [-0.4, -0.2) is 213 Å². The van der Waals surface area contributed by atoms with Crippen molar-refractivity contribution in [2.24, 2.45) is 96.9 Å². The largest absolute Gasteiger partial charge is 0.515 e. The van der Waals surface area contributed by atoms with E-state index in [2.05, 4.69) is 177 Å². The molecule has 142 heavy (non-hydrogen) atoms. The molecule has 9 aromatic heterocycles. The minimum atomic E-state index is -0.533. The predicted molar refractivity (Wildman–Crippen MR) is 551 cm³/mol. The van der Waals surface area contributed by atoms with Crippen LogP contribution in [0, 0.1) is 56.7 Å². The average molecular weight is 1960 g/mol. The number of aromatic amines is 1. The van der Waals surface area contributed by atoms with Gasteiger partial charge in [-0.15, -0.1) is 15.3 Å². The molecule has 3 spiro atoms. The highest BCUT2D eigenvalue weighted by Gasteiger charge is 2.69. The molecule has 782 valence electrons. The van der Waals surface area contributed by atoms with Gasteiger partial charge in [-0.05, 0) is 167 Å². The lowest BCUT2D eigenvalue weighted by molar-refractivity contribution is -0.276. The van der Waals surface area contributed by atoms with Crippen molar-refractivity contribution in [2.45, 2.75) is 367 Å². The monoisotopic (exact) mass is 1960 g/mol. The van der Waals surface area contributed by atoms with Gasteiger partial charge < -0.3 is 38.4 Å². The van der Waals surface area contributed by atoms with Crippen LogP contribution in [0.2, 0.25) is 0 Å². The zero-order chi connectivity index (χ0) is 98.4. The van der Waals surface area contributed by atoms with E-state index in [-0.39, 0.29) is 116 Å². The summed E-state index contributed by atoms with van der Waals surface area (Å²) >= 11 is 0. The highest BCUT2D eigenvalue weighted by molar-refractivity contribution is 6.01. The van der Waals surface area contributed by atoms with E-state index in [1.54, 1.807) is 34.9 Å². The van der Waals surface area contributed by atoms with E-state index >= 15 is 0 Å². The molecule has 8 fully saturated rings. The molecule has 1 amide bonds. The zero-order valence-electron chi connectivity index (χ0n) is 86.7. The van der Waals surface area contributed by atoms with E-state index in [1.165, 1.54) is 33.6 Å². The molecule has 0 unspecified atom stereocenters. The highest BCUT2D eigenvalue weighted by atomic mass is 16.8. The first kappa shape index (κ1) is 110. The second-order valence-electron chi connectivity index (χ2n) is 46.9. The first-order valence-corrected chi connectivity index (χ1v) is 50.4. The maximum absolute atomic E-state index is 12.9. The van der Waals surface area contributed by atoms with Gasteiger partial charge >= 0.3 is 0 Å². The summed E-state index contributed by atoms with van der Waals surface area (Å²) in [5, 5.41) is 55.6. The van der Waals surface area contributed by atoms with Crippen molar-refractivity contribution in [1.82, 2.24) is 113 Å². The third kappa shape index (κ3) is 16.8. The van der Waals surface area contributed by atoms with E-state index < -0.39 is 22.8 Å². The number of aromatic nitrogens is 22. The molecule has 0 bridgehead atoms. The second kappa shape index (κ2) is 38.7. The molecule has 0 radical (unpaired) electrons. The SMILES string of the molecule is C.C.C.C.C.CC(C)n1cnc(-c2c3c(nn2C)[C@@]2(C)C/C(=C/O)C(=O)C(C)(C)[C@@H]2CC3)n1.CC(C)n1cnc(-c2c3c(nn2C)[C@@]2(C)CCC(=O)C(C)(C)[C@@H]2CC3)n1.CC(C)n1cnc(-c2c3c(nn2C)[C@@]2(C)CCC4(OCCO4)C(C)(C)[C@@H]2CC3)n1.CN(C)C=NC(=O)c1c2c(nn1C)[C@@]1(C)CCC3(OCCO3)C(C)(C)[C@@H]1CC2.Cn1nc2c(c1-c1ncn[nH]1)CC[C@H]1C(C)(C)C3(CC[C@]21C)OCCO3. The standard InChI is InChI=1S/C22H33N5O2.C21H29N5O2.C21H32N4O3.C20H29N5O.C19H27N5O2.5CH4/c1-14(2)27-13-23-19(25-27)17-15-7-8-16-20(3,4)22(28-11-12-29-22)10-9-21(16,5)18(15)24-26(17)6;1-12(2)26-11-22-19(24-26)16-14-7-8-15-20(3,4)18(28)13(10-27)9-21(15,5)17(14)23-25(16)6;1-19(2)15-8-7-14-16(18(26)22-13-24(4)5)25(6)23-17(14)20(15,3)9-10-21(19)27-11-12-28-21;1-12(2)25-11-21-18(23-25)16-13-7-8-14-19(3,4)15(26)9-10-20(14,5)17(13)22-24(16)6;1-17(2)13-6-5-12-14(16-20-11-21-22-16)24(4)23-15(12)18(13,3)7-8-19(17)25-9-10-26-19;;;;;/h13-14,16H,7-12H2,1-6H3;10-12,15,27H,7-9H2,1-6H3;13,15H,7-12H2,1-6H3;11-12,14H,7-10H2,1-6H3;11,13H,5-10H2,1-4H3,(H,20,21,22);5*1H4/b;13-10-;;;;;;;;/t16-,21-;15-,21-;15-,20-;14-,20-;13-,18-;;;;;/m00000...../s1. The molecule has 13 aliphatic rings. The normalized spacial score (nSPS) is 28.5. The number of aliphatic hydroxyl groups is 1. The number of allylic oxidation sites excluding steroid dienone is 1. The lowest BCUT2D eigenvalue weighted by Gasteiger charge is -2.59.